The molecule has 0 saturated carbocycles. The Morgan fingerprint density at radius 3 is 0.778 bits per heavy atom. The number of nitrogens with zero attached hydrogens (tertiary/aromatic N) is 2. The Hall–Kier alpha value is -0.977. The van der Waals surface area contributed by atoms with E-state index in [1.807, 2.05) is 0 Å². The molecule has 0 aromatic rings. The standard InChI is InChI=1S/2NO3.Rh/c2*2-1(3)4;/q2*-1;+3. The van der Waals surface area contributed by atoms with E-state index in [9.17, 15) is 0 Å². The van der Waals surface area contributed by atoms with Crippen LogP contribution in [0.2, 0.25) is 0 Å². The van der Waals surface area contributed by atoms with Gasteiger partial charge in [0.05, 0.1) is 10.2 Å². The fourth-order valence-electron chi connectivity index (χ4n) is 0. The van der Waals surface area contributed by atoms with E-state index in [4.69, 9.17) is 30.6 Å². The average Bonchev–Trinajstić information content (AvgIpc) is 1.25. The zero-order chi connectivity index (χ0) is 7.15. The average molecular weight is 227 g/mol. The molecule has 0 N–H and O–H groups in total. The van der Waals surface area contributed by atoms with Crippen molar-refractivity contribution in [2.24, 2.45) is 0 Å². The number of rotatable bonds is 0. The van der Waals surface area contributed by atoms with Crippen molar-refractivity contribution in [3.8, 4) is 0 Å². The second-order valence-corrected chi connectivity index (χ2v) is 0.447. The molecule has 0 rings (SSSR count). The summed E-state index contributed by atoms with van der Waals surface area (Å²) in [5, 5.41) is 29.5. The molecule has 0 aromatic heterocycles. The molecular weight excluding hydrogens is 227 g/mol. The van der Waals surface area contributed by atoms with Crippen LogP contribution in [0.25, 0.3) is 0 Å². The Bertz CT molecular complexity index is 69.1. The monoisotopic (exact) mass is 227 g/mol. The fraction of sp³-hybridized carbons (Fsp3) is 0. The second-order valence-electron chi connectivity index (χ2n) is 0.447. The van der Waals surface area contributed by atoms with Gasteiger partial charge in [-0.3, -0.25) is 0 Å². The first-order valence-electron chi connectivity index (χ1n) is 1.10. The molecule has 8 nitrogen and oxygen atoms in total. The van der Waals surface area contributed by atoms with Crippen LogP contribution in [0.15, 0.2) is 0 Å². The van der Waals surface area contributed by atoms with Gasteiger partial charge in [-0.15, -0.1) is 0 Å². The van der Waals surface area contributed by atoms with Gasteiger partial charge in [-0.05, 0) is 0 Å². The van der Waals surface area contributed by atoms with Gasteiger partial charge in [-0.2, -0.15) is 0 Å². The van der Waals surface area contributed by atoms with Crippen LogP contribution in [0.4, 0.5) is 0 Å². The van der Waals surface area contributed by atoms with Gasteiger partial charge in [0.1, 0.15) is 0 Å². The summed E-state index contributed by atoms with van der Waals surface area (Å²) in [6.07, 6.45) is 0. The molecule has 0 spiro atoms. The maximum Gasteiger partial charge on any atom is 3.00 e. The molecule has 0 aliphatic carbocycles. The normalized spacial score (nSPS) is 5.33. The Morgan fingerprint density at radius 2 is 0.778 bits per heavy atom. The molecule has 0 heterocycles. The Morgan fingerprint density at radius 1 is 0.778 bits per heavy atom. The third kappa shape index (κ3) is 186. The quantitative estimate of drug-likeness (QED) is 0.311. The molecule has 0 unspecified atom stereocenters. The first-order valence-corrected chi connectivity index (χ1v) is 1.10. The van der Waals surface area contributed by atoms with Crippen molar-refractivity contribution in [1.82, 2.24) is 0 Å². The van der Waals surface area contributed by atoms with Crippen LogP contribution >= 0.6 is 0 Å². The van der Waals surface area contributed by atoms with E-state index in [1.165, 1.54) is 0 Å². The smallest absolute Gasteiger partial charge is 0.356 e. The summed E-state index contributed by atoms with van der Waals surface area (Å²) in [5.41, 5.74) is 0. The molecule has 9 heavy (non-hydrogen) atoms. The van der Waals surface area contributed by atoms with Gasteiger partial charge < -0.3 is 30.6 Å². The van der Waals surface area contributed by atoms with Crippen LogP contribution in [0, 0.1) is 30.6 Å². The number of hydrogen-bond acceptors (Lipinski definition) is 6. The molecule has 0 atom stereocenters. The van der Waals surface area contributed by atoms with Crippen molar-refractivity contribution in [2.75, 3.05) is 0 Å². The van der Waals surface area contributed by atoms with Gasteiger partial charge >= 0.3 is 19.5 Å². The van der Waals surface area contributed by atoms with Gasteiger partial charge in [-0.1, -0.05) is 0 Å². The van der Waals surface area contributed by atoms with Crippen molar-refractivity contribution in [3.05, 3.63) is 30.6 Å². The molecule has 9 heteroatoms. The first kappa shape index (κ1) is 15.7. The third-order valence-electron chi connectivity index (χ3n) is 0. The van der Waals surface area contributed by atoms with Gasteiger partial charge in [0.25, 0.3) is 0 Å². The molecule has 0 bridgehead atoms. The summed E-state index contributed by atoms with van der Waals surface area (Å²) < 4.78 is 0. The molecule has 54 valence electrons. The summed E-state index contributed by atoms with van der Waals surface area (Å²) in [4.78, 5) is 16.5. The molecule has 0 saturated heterocycles. The Kier molecular flexibility index (Phi) is 17.6. The molecule has 0 aliphatic rings. The molecule has 0 aliphatic heterocycles. The van der Waals surface area contributed by atoms with Crippen LogP contribution in [-0.2, 0) is 19.5 Å². The van der Waals surface area contributed by atoms with Crippen molar-refractivity contribution in [2.45, 2.75) is 0 Å². The molecular formula is N2O6Rh+. The van der Waals surface area contributed by atoms with Crippen LogP contribution in [0.5, 0.6) is 0 Å². The molecule has 0 radical (unpaired) electrons. The summed E-state index contributed by atoms with van der Waals surface area (Å²) in [6, 6.07) is 0. The van der Waals surface area contributed by atoms with E-state index in [1.54, 1.807) is 0 Å². The molecule has 0 aromatic carbocycles. The van der Waals surface area contributed by atoms with E-state index in [-0.39, 0.29) is 19.5 Å². The summed E-state index contributed by atoms with van der Waals surface area (Å²) >= 11 is 0. The third-order valence-corrected chi connectivity index (χ3v) is 0. The minimum absolute atomic E-state index is 0. The van der Waals surface area contributed by atoms with Gasteiger partial charge in [0, 0.05) is 0 Å². The van der Waals surface area contributed by atoms with E-state index in [0.29, 0.717) is 0 Å². The van der Waals surface area contributed by atoms with Gasteiger partial charge in [0.15, 0.2) is 0 Å². The Labute approximate surface area is 61.1 Å². The van der Waals surface area contributed by atoms with Crippen molar-refractivity contribution < 1.29 is 29.7 Å². The van der Waals surface area contributed by atoms with E-state index >= 15 is 0 Å². The van der Waals surface area contributed by atoms with Crippen LogP contribution < -0.4 is 0 Å². The maximum atomic E-state index is 8.25. The van der Waals surface area contributed by atoms with Crippen LogP contribution in [0.1, 0.15) is 0 Å². The van der Waals surface area contributed by atoms with Crippen molar-refractivity contribution in [3.63, 3.8) is 0 Å². The first-order chi connectivity index (χ1) is 3.46. The van der Waals surface area contributed by atoms with Gasteiger partial charge in [0.2, 0.25) is 0 Å². The zero-order valence-electron chi connectivity index (χ0n) is 3.68. The maximum absolute atomic E-state index is 8.25. The van der Waals surface area contributed by atoms with Crippen LogP contribution in [-0.4, -0.2) is 10.2 Å². The molecule has 0 fully saturated rings. The molecule has 0 amide bonds. The minimum atomic E-state index is -1.75. The van der Waals surface area contributed by atoms with E-state index in [0.717, 1.165) is 0 Å². The van der Waals surface area contributed by atoms with Gasteiger partial charge in [-0.25, -0.2) is 0 Å². The van der Waals surface area contributed by atoms with Crippen LogP contribution in [0.3, 0.4) is 0 Å². The summed E-state index contributed by atoms with van der Waals surface area (Å²) in [7, 11) is 0. The van der Waals surface area contributed by atoms with Crippen molar-refractivity contribution in [1.29, 1.82) is 0 Å². The number of hydrogen-bond donors (Lipinski definition) is 0. The largest absolute Gasteiger partial charge is 3.00 e. The second kappa shape index (κ2) is 10.1. The fourth-order valence-corrected chi connectivity index (χ4v) is 0. The predicted octanol–water partition coefficient (Wildman–Crippen LogP) is -0.481. The Balaban J connectivity index is -0.0000000720. The topological polar surface area (TPSA) is 132 Å². The zero-order valence-corrected chi connectivity index (χ0v) is 5.32. The SMILES string of the molecule is O=[N+]([O-])[O-].O=[N+]([O-])[O-].[Rh+3]. The van der Waals surface area contributed by atoms with E-state index in [2.05, 4.69) is 0 Å². The minimum Gasteiger partial charge on any atom is -0.356 e. The van der Waals surface area contributed by atoms with E-state index < -0.39 is 10.2 Å². The predicted molar refractivity (Wildman–Crippen MR) is 20.7 cm³/mol. The summed E-state index contributed by atoms with van der Waals surface area (Å²) in [5.74, 6) is 0. The van der Waals surface area contributed by atoms with Crippen molar-refractivity contribution >= 4 is 0 Å². The summed E-state index contributed by atoms with van der Waals surface area (Å²) in [6.45, 7) is 0.